The minimum Gasteiger partial charge on any atom is -0.320 e. The molecule has 1 aromatic carbocycles. The van der Waals surface area contributed by atoms with Gasteiger partial charge in [-0.1, -0.05) is 30.7 Å². The standard InChI is InChI=1S/C17H19ClF3N7O2/c1-3-8-28(23)16(25-22)24-14(29)13-12(18)11(15(30)27(2)26-13)9-4-6-10(7-5-9)17(19,20)21/h4-7H,3,8,22-23H2,1-2H3,(H,24,25,29). The van der Waals surface area contributed by atoms with Gasteiger partial charge >= 0.3 is 6.18 Å². The van der Waals surface area contributed by atoms with Crippen LogP contribution >= 0.6 is 11.6 Å². The molecule has 0 fully saturated rings. The van der Waals surface area contributed by atoms with E-state index in [-0.39, 0.29) is 27.8 Å². The molecule has 0 atom stereocenters. The normalized spacial score (nSPS) is 12.0. The van der Waals surface area contributed by atoms with Gasteiger partial charge in [0.15, 0.2) is 5.69 Å². The van der Waals surface area contributed by atoms with Crippen molar-refractivity contribution in [3.63, 3.8) is 0 Å². The molecule has 0 saturated carbocycles. The van der Waals surface area contributed by atoms with Gasteiger partial charge in [-0.05, 0) is 24.1 Å². The zero-order valence-electron chi connectivity index (χ0n) is 16.0. The van der Waals surface area contributed by atoms with E-state index in [2.05, 4.69) is 15.5 Å². The zero-order chi connectivity index (χ0) is 22.6. The molecule has 0 radical (unpaired) electrons. The Morgan fingerprint density at radius 1 is 1.33 bits per heavy atom. The Morgan fingerprint density at radius 2 is 1.93 bits per heavy atom. The zero-order valence-corrected chi connectivity index (χ0v) is 16.8. The van der Waals surface area contributed by atoms with Gasteiger partial charge in [0, 0.05) is 13.6 Å². The van der Waals surface area contributed by atoms with Crippen LogP contribution in [0.25, 0.3) is 11.1 Å². The molecule has 0 unspecified atom stereocenters. The summed E-state index contributed by atoms with van der Waals surface area (Å²) < 4.78 is 39.2. The van der Waals surface area contributed by atoms with Crippen molar-refractivity contribution in [1.29, 1.82) is 0 Å². The van der Waals surface area contributed by atoms with E-state index < -0.39 is 23.2 Å². The second-order valence-electron chi connectivity index (χ2n) is 6.14. The Bertz CT molecular complexity index is 1020. The summed E-state index contributed by atoms with van der Waals surface area (Å²) in [5.74, 6) is 9.95. The molecule has 9 nitrogen and oxygen atoms in total. The van der Waals surface area contributed by atoms with Gasteiger partial charge in [0.25, 0.3) is 11.5 Å². The van der Waals surface area contributed by atoms with Crippen LogP contribution in [0.15, 0.2) is 34.2 Å². The number of carbonyl (C=O) groups is 1. The van der Waals surface area contributed by atoms with Crippen LogP contribution in [0.2, 0.25) is 5.02 Å². The quantitative estimate of drug-likeness (QED) is 0.284. The van der Waals surface area contributed by atoms with Gasteiger partial charge in [0.05, 0.1) is 16.1 Å². The Kier molecular flexibility index (Phi) is 7.05. The van der Waals surface area contributed by atoms with Crippen LogP contribution in [-0.2, 0) is 13.2 Å². The summed E-state index contributed by atoms with van der Waals surface area (Å²) in [5.41, 5.74) is -2.05. The molecule has 2 rings (SSSR count). The number of aromatic nitrogens is 2. The van der Waals surface area contributed by atoms with Crippen LogP contribution in [0.3, 0.4) is 0 Å². The number of guanidine groups is 1. The van der Waals surface area contributed by atoms with Crippen molar-refractivity contribution in [3.8, 4) is 11.1 Å². The Morgan fingerprint density at radius 3 is 2.43 bits per heavy atom. The lowest BCUT2D eigenvalue weighted by Crippen LogP contribution is -2.49. The van der Waals surface area contributed by atoms with E-state index in [1.165, 1.54) is 7.05 Å². The van der Waals surface area contributed by atoms with Crippen molar-refractivity contribution in [2.24, 2.45) is 23.8 Å². The van der Waals surface area contributed by atoms with Crippen molar-refractivity contribution in [2.45, 2.75) is 19.5 Å². The van der Waals surface area contributed by atoms with Gasteiger partial charge in [-0.2, -0.15) is 18.3 Å². The summed E-state index contributed by atoms with van der Waals surface area (Å²) in [6.07, 6.45) is -3.90. The Labute approximate surface area is 174 Å². The smallest absolute Gasteiger partial charge is 0.320 e. The monoisotopic (exact) mass is 445 g/mol. The molecular weight excluding hydrogens is 427 g/mol. The molecule has 13 heteroatoms. The summed E-state index contributed by atoms with van der Waals surface area (Å²) in [7, 11) is 1.27. The Balaban J connectivity index is 2.49. The number of alkyl halides is 3. The molecule has 0 aliphatic rings. The fourth-order valence-electron chi connectivity index (χ4n) is 2.52. The number of carbonyl (C=O) groups excluding carboxylic acids is 1. The van der Waals surface area contributed by atoms with Gasteiger partial charge in [0.1, 0.15) is 0 Å². The molecule has 0 saturated heterocycles. The highest BCUT2D eigenvalue weighted by atomic mass is 35.5. The maximum absolute atomic E-state index is 12.8. The number of nitrogens with zero attached hydrogens (tertiary/aromatic N) is 4. The van der Waals surface area contributed by atoms with Crippen molar-refractivity contribution in [2.75, 3.05) is 6.54 Å². The summed E-state index contributed by atoms with van der Waals surface area (Å²) >= 11 is 6.24. The number of halogens is 4. The lowest BCUT2D eigenvalue weighted by molar-refractivity contribution is -0.137. The van der Waals surface area contributed by atoms with Gasteiger partial charge in [-0.3, -0.25) is 19.9 Å². The van der Waals surface area contributed by atoms with Crippen LogP contribution in [0.5, 0.6) is 0 Å². The number of hydrogen-bond donors (Lipinski definition) is 3. The average Bonchev–Trinajstić information content (AvgIpc) is 2.68. The fraction of sp³-hybridized carbons (Fsp3) is 0.294. The number of benzene rings is 1. The number of hydrazine groups is 1. The minimum absolute atomic E-state index is 0.0872. The van der Waals surface area contributed by atoms with Crippen LogP contribution in [0.4, 0.5) is 13.2 Å². The van der Waals surface area contributed by atoms with Gasteiger partial charge < -0.3 is 5.84 Å². The van der Waals surface area contributed by atoms with Crippen LogP contribution in [0, 0.1) is 0 Å². The molecule has 0 aliphatic heterocycles. The summed E-state index contributed by atoms with van der Waals surface area (Å²) in [4.78, 5) is 25.1. The highest BCUT2D eigenvalue weighted by molar-refractivity contribution is 6.36. The SMILES string of the molecule is CCCN(N)/C(=N\N)NC(=O)c1nn(C)c(=O)c(-c2ccc(C(F)(F)F)cc2)c1Cl. The van der Waals surface area contributed by atoms with E-state index >= 15 is 0 Å². The van der Waals surface area contributed by atoms with Gasteiger partial charge in [0.2, 0.25) is 5.96 Å². The average molecular weight is 446 g/mol. The van der Waals surface area contributed by atoms with E-state index in [1.54, 1.807) is 0 Å². The largest absolute Gasteiger partial charge is 0.416 e. The number of nitrogens with two attached hydrogens (primary N) is 2. The Hall–Kier alpha value is -3.12. The van der Waals surface area contributed by atoms with Crippen molar-refractivity contribution in [1.82, 2.24) is 20.1 Å². The molecule has 30 heavy (non-hydrogen) atoms. The van der Waals surface area contributed by atoms with Crippen LogP contribution in [0.1, 0.15) is 29.4 Å². The molecule has 5 N–H and O–H groups in total. The van der Waals surface area contributed by atoms with E-state index in [9.17, 15) is 22.8 Å². The molecular formula is C17H19ClF3N7O2. The van der Waals surface area contributed by atoms with Gasteiger partial charge in [-0.25, -0.2) is 10.5 Å². The number of hydrogen-bond acceptors (Lipinski definition) is 6. The molecule has 0 aliphatic carbocycles. The predicted octanol–water partition coefficient (Wildman–Crippen LogP) is 1.66. The first-order valence-corrected chi connectivity index (χ1v) is 8.94. The fourth-order valence-corrected chi connectivity index (χ4v) is 2.83. The first-order chi connectivity index (χ1) is 14.0. The molecule has 1 aromatic heterocycles. The van der Waals surface area contributed by atoms with E-state index in [4.69, 9.17) is 23.3 Å². The maximum Gasteiger partial charge on any atom is 0.416 e. The first-order valence-electron chi connectivity index (χ1n) is 8.57. The molecule has 0 spiro atoms. The summed E-state index contributed by atoms with van der Waals surface area (Å²) in [6.45, 7) is 2.18. The molecule has 162 valence electrons. The molecule has 0 bridgehead atoms. The third-order valence-electron chi connectivity index (χ3n) is 3.99. The van der Waals surface area contributed by atoms with Crippen molar-refractivity contribution >= 4 is 23.5 Å². The minimum atomic E-state index is -4.54. The second-order valence-corrected chi connectivity index (χ2v) is 6.52. The van der Waals surface area contributed by atoms with E-state index in [1.807, 2.05) is 6.92 Å². The lowest BCUT2D eigenvalue weighted by atomic mass is 10.0. The number of aryl methyl sites for hydroxylation is 1. The second kappa shape index (κ2) is 9.13. The molecule has 2 aromatic rings. The molecule has 1 amide bonds. The highest BCUT2D eigenvalue weighted by Gasteiger charge is 2.30. The highest BCUT2D eigenvalue weighted by Crippen LogP contribution is 2.32. The number of hydrazone groups is 1. The first kappa shape index (κ1) is 23.2. The van der Waals surface area contributed by atoms with Gasteiger partial charge in [-0.15, -0.1) is 5.10 Å². The maximum atomic E-state index is 12.8. The number of amides is 1. The van der Waals surface area contributed by atoms with Crippen LogP contribution < -0.4 is 22.6 Å². The van der Waals surface area contributed by atoms with E-state index in [0.29, 0.717) is 13.0 Å². The summed E-state index contributed by atoms with van der Waals surface area (Å²) in [5, 5.41) is 10.3. The third kappa shape index (κ3) is 4.89. The van der Waals surface area contributed by atoms with E-state index in [0.717, 1.165) is 34.0 Å². The topological polar surface area (TPSA) is 132 Å². The van der Waals surface area contributed by atoms with Crippen molar-refractivity contribution < 1.29 is 18.0 Å². The number of nitrogens with one attached hydrogen (secondary N) is 1. The molecule has 1 heterocycles. The van der Waals surface area contributed by atoms with Crippen molar-refractivity contribution in [3.05, 3.63) is 50.9 Å². The lowest BCUT2D eigenvalue weighted by Gasteiger charge is -2.19. The predicted molar refractivity (Wildman–Crippen MR) is 105 cm³/mol. The number of rotatable bonds is 4. The third-order valence-corrected chi connectivity index (χ3v) is 4.35. The van der Waals surface area contributed by atoms with Crippen LogP contribution in [-0.4, -0.2) is 33.2 Å². The summed E-state index contributed by atoms with van der Waals surface area (Å²) in [6, 6.07) is 3.79.